The monoisotopic (exact) mass is 304 g/mol. The lowest BCUT2D eigenvalue weighted by atomic mass is 10.1. The first kappa shape index (κ1) is 16.2. The maximum atomic E-state index is 12.2. The van der Waals surface area contributed by atoms with Crippen molar-refractivity contribution in [2.24, 2.45) is 0 Å². The summed E-state index contributed by atoms with van der Waals surface area (Å²) in [4.78, 5) is 39.0. The molecule has 0 unspecified atom stereocenters. The van der Waals surface area contributed by atoms with Crippen LogP contribution in [0.5, 0.6) is 0 Å². The van der Waals surface area contributed by atoms with Gasteiger partial charge in [0.2, 0.25) is 11.8 Å². The van der Waals surface area contributed by atoms with Gasteiger partial charge in [-0.3, -0.25) is 9.59 Å². The molecule has 6 nitrogen and oxygen atoms in total. The van der Waals surface area contributed by atoms with E-state index >= 15 is 0 Å². The molecule has 2 rings (SSSR count). The zero-order valence-corrected chi connectivity index (χ0v) is 12.9. The average molecular weight is 304 g/mol. The van der Waals surface area contributed by atoms with Crippen molar-refractivity contribution in [1.29, 1.82) is 0 Å². The summed E-state index contributed by atoms with van der Waals surface area (Å²) in [6.07, 6.45) is 1.10. The summed E-state index contributed by atoms with van der Waals surface area (Å²) in [5.41, 5.74) is 0.559. The molecule has 0 N–H and O–H groups in total. The van der Waals surface area contributed by atoms with Crippen LogP contribution in [0.4, 0.5) is 5.69 Å². The zero-order valence-electron chi connectivity index (χ0n) is 12.9. The second-order valence-electron chi connectivity index (χ2n) is 5.43. The SMILES string of the molecule is CN(C)CCCOC(=O)c1ccccc1N1C(=O)CCC1=O. The maximum absolute atomic E-state index is 12.2. The third kappa shape index (κ3) is 3.71. The summed E-state index contributed by atoms with van der Waals surface area (Å²) in [7, 11) is 3.89. The molecule has 1 aliphatic rings. The predicted molar refractivity (Wildman–Crippen MR) is 81.6 cm³/mol. The van der Waals surface area contributed by atoms with E-state index in [9.17, 15) is 14.4 Å². The van der Waals surface area contributed by atoms with Gasteiger partial charge in [-0.15, -0.1) is 0 Å². The molecule has 0 radical (unpaired) electrons. The average Bonchev–Trinajstić information content (AvgIpc) is 2.82. The van der Waals surface area contributed by atoms with E-state index in [0.29, 0.717) is 12.3 Å². The topological polar surface area (TPSA) is 66.9 Å². The van der Waals surface area contributed by atoms with Crippen LogP contribution in [0.1, 0.15) is 29.6 Å². The minimum Gasteiger partial charge on any atom is -0.462 e. The van der Waals surface area contributed by atoms with E-state index in [1.54, 1.807) is 24.3 Å². The van der Waals surface area contributed by atoms with Crippen molar-refractivity contribution in [3.05, 3.63) is 29.8 Å². The molecule has 1 saturated heterocycles. The number of carbonyl (C=O) groups is 3. The standard InChI is InChI=1S/C16H20N2O4/c1-17(2)10-5-11-22-16(21)12-6-3-4-7-13(12)18-14(19)8-9-15(18)20/h3-4,6-7H,5,8-11H2,1-2H3. The molecule has 118 valence electrons. The molecule has 1 aromatic carbocycles. The fourth-order valence-corrected chi connectivity index (χ4v) is 2.31. The van der Waals surface area contributed by atoms with Gasteiger partial charge in [-0.1, -0.05) is 12.1 Å². The minimum atomic E-state index is -0.512. The second kappa shape index (κ2) is 7.17. The number of para-hydroxylation sites is 1. The number of hydrogen-bond acceptors (Lipinski definition) is 5. The molecule has 1 fully saturated rings. The van der Waals surface area contributed by atoms with Crippen LogP contribution in [0.15, 0.2) is 24.3 Å². The summed E-state index contributed by atoms with van der Waals surface area (Å²) >= 11 is 0. The summed E-state index contributed by atoms with van der Waals surface area (Å²) in [6, 6.07) is 6.54. The van der Waals surface area contributed by atoms with E-state index in [4.69, 9.17) is 4.74 Å². The fourth-order valence-electron chi connectivity index (χ4n) is 2.31. The molecule has 0 bridgehead atoms. The number of rotatable bonds is 6. The number of amides is 2. The number of anilines is 1. The van der Waals surface area contributed by atoms with Gasteiger partial charge in [0, 0.05) is 19.4 Å². The molecule has 1 aromatic rings. The van der Waals surface area contributed by atoms with Crippen LogP contribution >= 0.6 is 0 Å². The van der Waals surface area contributed by atoms with Gasteiger partial charge in [0.25, 0.3) is 0 Å². The normalized spacial score (nSPS) is 14.8. The first-order chi connectivity index (χ1) is 10.5. The number of hydrogen-bond donors (Lipinski definition) is 0. The second-order valence-corrected chi connectivity index (χ2v) is 5.43. The van der Waals surface area contributed by atoms with Gasteiger partial charge in [0.15, 0.2) is 0 Å². The Morgan fingerprint density at radius 1 is 1.18 bits per heavy atom. The minimum absolute atomic E-state index is 0.186. The number of nitrogens with zero attached hydrogens (tertiary/aromatic N) is 2. The van der Waals surface area contributed by atoms with Gasteiger partial charge >= 0.3 is 5.97 Å². The Bertz CT molecular complexity index is 567. The Balaban J connectivity index is 2.09. The smallest absolute Gasteiger partial charge is 0.340 e. The zero-order chi connectivity index (χ0) is 16.1. The lowest BCUT2D eigenvalue weighted by Crippen LogP contribution is -2.30. The van der Waals surface area contributed by atoms with Crippen molar-refractivity contribution in [3.8, 4) is 0 Å². The van der Waals surface area contributed by atoms with Crippen LogP contribution in [-0.2, 0) is 14.3 Å². The van der Waals surface area contributed by atoms with Gasteiger partial charge < -0.3 is 9.64 Å². The molecule has 0 atom stereocenters. The van der Waals surface area contributed by atoms with E-state index in [2.05, 4.69) is 0 Å². The van der Waals surface area contributed by atoms with Gasteiger partial charge in [-0.2, -0.15) is 0 Å². The third-order valence-corrected chi connectivity index (χ3v) is 3.40. The Hall–Kier alpha value is -2.21. The lowest BCUT2D eigenvalue weighted by Gasteiger charge is -2.17. The number of carbonyl (C=O) groups excluding carboxylic acids is 3. The van der Waals surface area contributed by atoms with Crippen molar-refractivity contribution >= 4 is 23.5 Å². The third-order valence-electron chi connectivity index (χ3n) is 3.40. The molecule has 2 amide bonds. The molecular weight excluding hydrogens is 284 g/mol. The van der Waals surface area contributed by atoms with Crippen LogP contribution in [0, 0.1) is 0 Å². The van der Waals surface area contributed by atoms with Crippen LogP contribution in [0.25, 0.3) is 0 Å². The maximum Gasteiger partial charge on any atom is 0.340 e. The quantitative estimate of drug-likeness (QED) is 0.452. The Morgan fingerprint density at radius 2 is 1.82 bits per heavy atom. The molecule has 0 saturated carbocycles. The van der Waals surface area contributed by atoms with Crippen LogP contribution in [-0.4, -0.2) is 49.9 Å². The molecule has 0 spiro atoms. The van der Waals surface area contributed by atoms with Gasteiger partial charge in [0.1, 0.15) is 0 Å². The molecular formula is C16H20N2O4. The number of ether oxygens (including phenoxy) is 1. The van der Waals surface area contributed by atoms with E-state index in [1.165, 1.54) is 0 Å². The highest BCUT2D eigenvalue weighted by atomic mass is 16.5. The van der Waals surface area contributed by atoms with Crippen molar-refractivity contribution in [1.82, 2.24) is 4.90 Å². The predicted octanol–water partition coefficient (Wildman–Crippen LogP) is 1.45. The van der Waals surface area contributed by atoms with E-state index in [0.717, 1.165) is 17.9 Å². The lowest BCUT2D eigenvalue weighted by molar-refractivity contribution is -0.121. The molecule has 0 aliphatic carbocycles. The highest BCUT2D eigenvalue weighted by molar-refractivity contribution is 6.21. The summed E-state index contributed by atoms with van der Waals surface area (Å²) in [5, 5.41) is 0. The van der Waals surface area contributed by atoms with Crippen LogP contribution in [0.3, 0.4) is 0 Å². The first-order valence-electron chi connectivity index (χ1n) is 7.27. The van der Waals surface area contributed by atoms with Crippen molar-refractivity contribution in [3.63, 3.8) is 0 Å². The van der Waals surface area contributed by atoms with E-state index < -0.39 is 5.97 Å². The number of benzene rings is 1. The van der Waals surface area contributed by atoms with Gasteiger partial charge in [0.05, 0.1) is 17.9 Å². The summed E-state index contributed by atoms with van der Waals surface area (Å²) < 4.78 is 5.23. The molecule has 6 heteroatoms. The highest BCUT2D eigenvalue weighted by Crippen LogP contribution is 2.26. The highest BCUT2D eigenvalue weighted by Gasteiger charge is 2.33. The van der Waals surface area contributed by atoms with Crippen molar-refractivity contribution < 1.29 is 19.1 Å². The van der Waals surface area contributed by atoms with Crippen LogP contribution in [0.2, 0.25) is 0 Å². The Morgan fingerprint density at radius 3 is 2.45 bits per heavy atom. The Labute approximate surface area is 129 Å². The number of imide groups is 1. The molecule has 22 heavy (non-hydrogen) atoms. The van der Waals surface area contributed by atoms with Crippen molar-refractivity contribution in [2.45, 2.75) is 19.3 Å². The first-order valence-corrected chi connectivity index (χ1v) is 7.27. The number of esters is 1. The van der Waals surface area contributed by atoms with E-state index in [1.807, 2.05) is 19.0 Å². The largest absolute Gasteiger partial charge is 0.462 e. The fraction of sp³-hybridized carbons (Fsp3) is 0.438. The summed E-state index contributed by atoms with van der Waals surface area (Å²) in [5.74, 6) is -1.07. The Kier molecular flexibility index (Phi) is 5.27. The van der Waals surface area contributed by atoms with Gasteiger partial charge in [-0.25, -0.2) is 9.69 Å². The van der Waals surface area contributed by atoms with Gasteiger partial charge in [-0.05, 0) is 32.6 Å². The van der Waals surface area contributed by atoms with Crippen molar-refractivity contribution in [2.75, 3.05) is 32.1 Å². The molecule has 1 heterocycles. The molecule has 1 aliphatic heterocycles. The molecule has 0 aromatic heterocycles. The van der Waals surface area contributed by atoms with E-state index in [-0.39, 0.29) is 30.2 Å². The van der Waals surface area contributed by atoms with Crippen LogP contribution < -0.4 is 4.90 Å². The summed E-state index contributed by atoms with van der Waals surface area (Å²) in [6.45, 7) is 1.12.